The third-order valence-corrected chi connectivity index (χ3v) is 5.48. The van der Waals surface area contributed by atoms with Gasteiger partial charge in [0.25, 0.3) is 0 Å². The second-order valence-corrected chi connectivity index (χ2v) is 7.30. The van der Waals surface area contributed by atoms with Crippen molar-refractivity contribution in [1.82, 2.24) is 0 Å². The Bertz CT molecular complexity index is 709. The molecule has 1 unspecified atom stereocenters. The summed E-state index contributed by atoms with van der Waals surface area (Å²) in [6.07, 6.45) is 2.79. The molecule has 146 valence electrons. The highest BCUT2D eigenvalue weighted by Crippen LogP contribution is 2.60. The molecule has 2 saturated carbocycles. The molecule has 2 fully saturated rings. The summed E-state index contributed by atoms with van der Waals surface area (Å²) >= 11 is 0. The van der Waals surface area contributed by atoms with Crippen molar-refractivity contribution in [1.29, 1.82) is 0 Å². The molecule has 1 aromatic rings. The summed E-state index contributed by atoms with van der Waals surface area (Å²) in [4.78, 5) is 11.7. The normalized spacial score (nSPS) is 25.1. The smallest absolute Gasteiger partial charge is 0.526 e. The lowest BCUT2D eigenvalue weighted by molar-refractivity contribution is -0.165. The summed E-state index contributed by atoms with van der Waals surface area (Å²) in [5.74, 6) is -0.528. The van der Waals surface area contributed by atoms with E-state index in [4.69, 9.17) is 18.9 Å². The van der Waals surface area contributed by atoms with Gasteiger partial charge in [0.1, 0.15) is 17.7 Å². The van der Waals surface area contributed by atoms with Crippen LogP contribution in [0, 0.1) is 5.82 Å². The Kier molecular flexibility index (Phi) is 5.25. The van der Waals surface area contributed by atoms with Crippen LogP contribution in [0.1, 0.15) is 61.9 Å². The van der Waals surface area contributed by atoms with Gasteiger partial charge in [-0.25, -0.2) is 9.18 Å². The molecular formula is C18H22BFO7. The maximum Gasteiger partial charge on any atom is 0.526 e. The van der Waals surface area contributed by atoms with Crippen molar-refractivity contribution in [2.45, 2.75) is 62.7 Å². The van der Waals surface area contributed by atoms with E-state index in [0.29, 0.717) is 0 Å². The third-order valence-electron chi connectivity index (χ3n) is 5.48. The topological polar surface area (TPSA) is 94.5 Å². The molecule has 27 heavy (non-hydrogen) atoms. The minimum atomic E-state index is -1.70. The van der Waals surface area contributed by atoms with Gasteiger partial charge in [0.15, 0.2) is 13.1 Å². The number of hydrogen-bond acceptors (Lipinski definition) is 7. The van der Waals surface area contributed by atoms with Crippen LogP contribution in [0.15, 0.2) is 12.1 Å². The molecule has 7 nitrogen and oxygen atoms in total. The molecule has 3 aliphatic rings. The molecule has 1 heterocycles. The lowest BCUT2D eigenvalue weighted by Gasteiger charge is -2.25. The summed E-state index contributed by atoms with van der Waals surface area (Å²) in [5, 5.41) is 20.1. The molecule has 1 aliphatic heterocycles. The van der Waals surface area contributed by atoms with Crippen LogP contribution in [0.5, 0.6) is 5.75 Å². The quantitative estimate of drug-likeness (QED) is 0.461. The Balaban J connectivity index is 1.34. The average molecular weight is 380 g/mol. The largest absolute Gasteiger partial charge is 0.535 e. The zero-order chi connectivity index (χ0) is 19.0. The first-order valence-corrected chi connectivity index (χ1v) is 9.34. The first-order valence-electron chi connectivity index (χ1n) is 9.34. The van der Waals surface area contributed by atoms with Crippen molar-refractivity contribution in [3.05, 3.63) is 29.1 Å². The van der Waals surface area contributed by atoms with Crippen LogP contribution in [-0.2, 0) is 14.2 Å². The van der Waals surface area contributed by atoms with Gasteiger partial charge in [-0.1, -0.05) is 12.5 Å². The molecule has 0 saturated heterocycles. The number of carbonyl (C=O) groups excluding carboxylic acids is 1. The van der Waals surface area contributed by atoms with Gasteiger partial charge in [0, 0.05) is 5.82 Å². The van der Waals surface area contributed by atoms with Crippen molar-refractivity contribution >= 4 is 13.3 Å². The van der Waals surface area contributed by atoms with Crippen molar-refractivity contribution in [2.24, 2.45) is 0 Å². The standard InChI is InChI=1S/C18H22BFO7/c20-14-7-6-11-12-8-13(12)19(23)27-16(11)15(14)17(21)24-9-25-18(22)26-10-4-2-1-3-5-10/h6-7,10,12-13,17,21,23H,1-5,8-9H2/t12-,13-,17?/m1/s1. The van der Waals surface area contributed by atoms with E-state index in [9.17, 15) is 19.3 Å². The third kappa shape index (κ3) is 3.90. The van der Waals surface area contributed by atoms with E-state index in [-0.39, 0.29) is 29.2 Å². The molecule has 0 spiro atoms. The number of ether oxygens (including phenoxy) is 3. The zero-order valence-corrected chi connectivity index (χ0v) is 14.8. The van der Waals surface area contributed by atoms with E-state index in [1.165, 1.54) is 6.07 Å². The highest BCUT2D eigenvalue weighted by Gasteiger charge is 2.54. The average Bonchev–Trinajstić information content (AvgIpc) is 3.44. The molecule has 2 aliphatic carbocycles. The van der Waals surface area contributed by atoms with E-state index in [1.807, 2.05) is 0 Å². The molecule has 9 heteroatoms. The Morgan fingerprint density at radius 2 is 2.11 bits per heavy atom. The van der Waals surface area contributed by atoms with Crippen LogP contribution in [-0.4, -0.2) is 36.3 Å². The summed E-state index contributed by atoms with van der Waals surface area (Å²) in [6.45, 7) is -0.593. The summed E-state index contributed by atoms with van der Waals surface area (Å²) in [6, 6.07) is 2.82. The number of rotatable bonds is 5. The number of benzene rings is 1. The van der Waals surface area contributed by atoms with E-state index >= 15 is 0 Å². The molecule has 0 bridgehead atoms. The summed E-state index contributed by atoms with van der Waals surface area (Å²) in [7, 11) is -1.03. The van der Waals surface area contributed by atoms with E-state index in [0.717, 1.165) is 44.1 Å². The SMILES string of the molecule is O=C(OCOC(O)c1c(F)ccc2c1OB(O)[C@@H]1C[C@H]21)OC1CCCCC1. The number of carbonyl (C=O) groups is 1. The number of halogens is 1. The molecular weight excluding hydrogens is 358 g/mol. The molecule has 0 radical (unpaired) electrons. The summed E-state index contributed by atoms with van der Waals surface area (Å²) in [5.41, 5.74) is 0.531. The van der Waals surface area contributed by atoms with Gasteiger partial charge in [-0.2, -0.15) is 0 Å². The zero-order valence-electron chi connectivity index (χ0n) is 14.8. The molecule has 2 N–H and O–H groups in total. The Morgan fingerprint density at radius 1 is 1.33 bits per heavy atom. The van der Waals surface area contributed by atoms with Gasteiger partial charge in [0.05, 0.1) is 5.56 Å². The van der Waals surface area contributed by atoms with Gasteiger partial charge in [-0.05, 0) is 49.7 Å². The van der Waals surface area contributed by atoms with Crippen molar-refractivity contribution in [3.63, 3.8) is 0 Å². The fourth-order valence-corrected chi connectivity index (χ4v) is 3.92. The van der Waals surface area contributed by atoms with Crippen LogP contribution in [0.25, 0.3) is 0 Å². The highest BCUT2D eigenvalue weighted by molar-refractivity contribution is 6.48. The lowest BCUT2D eigenvalue weighted by atomic mass is 9.77. The van der Waals surface area contributed by atoms with Crippen LogP contribution in [0.2, 0.25) is 5.82 Å². The fourth-order valence-electron chi connectivity index (χ4n) is 3.92. The summed E-state index contributed by atoms with van der Waals surface area (Å²) < 4.78 is 34.7. The molecule has 3 atom stereocenters. The molecule has 4 rings (SSSR count). The van der Waals surface area contributed by atoms with Crippen molar-refractivity contribution < 1.29 is 38.2 Å². The second-order valence-electron chi connectivity index (χ2n) is 7.30. The maximum absolute atomic E-state index is 14.3. The molecule has 0 aromatic heterocycles. The highest BCUT2D eigenvalue weighted by atomic mass is 19.1. The van der Waals surface area contributed by atoms with Gasteiger partial charge < -0.3 is 29.0 Å². The molecule has 1 aromatic carbocycles. The lowest BCUT2D eigenvalue weighted by Crippen LogP contribution is -2.28. The van der Waals surface area contributed by atoms with E-state index in [2.05, 4.69) is 0 Å². The van der Waals surface area contributed by atoms with Crippen molar-refractivity contribution in [2.75, 3.05) is 6.79 Å². The molecule has 0 amide bonds. The minimum Gasteiger partial charge on any atom is -0.535 e. The fraction of sp³-hybridized carbons (Fsp3) is 0.611. The Hall–Kier alpha value is -1.84. The van der Waals surface area contributed by atoms with Gasteiger partial charge in [0.2, 0.25) is 0 Å². The van der Waals surface area contributed by atoms with Crippen LogP contribution < -0.4 is 4.65 Å². The number of aliphatic hydroxyl groups is 1. The van der Waals surface area contributed by atoms with Crippen LogP contribution in [0.3, 0.4) is 0 Å². The predicted molar refractivity (Wildman–Crippen MR) is 91.5 cm³/mol. The monoisotopic (exact) mass is 380 g/mol. The maximum atomic E-state index is 14.3. The first-order chi connectivity index (χ1) is 13.0. The van der Waals surface area contributed by atoms with Crippen LogP contribution in [0.4, 0.5) is 9.18 Å². The predicted octanol–water partition coefficient (Wildman–Crippen LogP) is 3.01. The van der Waals surface area contributed by atoms with E-state index in [1.54, 1.807) is 6.07 Å². The van der Waals surface area contributed by atoms with Crippen LogP contribution >= 0.6 is 0 Å². The van der Waals surface area contributed by atoms with Gasteiger partial charge >= 0.3 is 13.3 Å². The second kappa shape index (κ2) is 7.65. The van der Waals surface area contributed by atoms with Crippen molar-refractivity contribution in [3.8, 4) is 5.75 Å². The van der Waals surface area contributed by atoms with Gasteiger partial charge in [-0.15, -0.1) is 0 Å². The number of fused-ring (bicyclic) bond motifs is 3. The first kappa shape index (κ1) is 18.5. The minimum absolute atomic E-state index is 0.00626. The Morgan fingerprint density at radius 3 is 2.89 bits per heavy atom. The number of aliphatic hydroxyl groups excluding tert-OH is 1. The van der Waals surface area contributed by atoms with Gasteiger partial charge in [-0.3, -0.25) is 0 Å². The van der Waals surface area contributed by atoms with E-state index < -0.39 is 32.2 Å². The number of hydrogen-bond donors (Lipinski definition) is 2. The Labute approximate surface area is 156 Å².